The number of benzene rings is 1. The van der Waals surface area contributed by atoms with Crippen molar-refractivity contribution in [3.8, 4) is 11.8 Å². The monoisotopic (exact) mass is 444 g/mol. The zero-order valence-corrected chi connectivity index (χ0v) is 18.9. The fourth-order valence-corrected chi connectivity index (χ4v) is 5.03. The molecule has 0 atom stereocenters. The van der Waals surface area contributed by atoms with E-state index in [2.05, 4.69) is 4.90 Å². The summed E-state index contributed by atoms with van der Waals surface area (Å²) >= 11 is 0. The summed E-state index contributed by atoms with van der Waals surface area (Å²) in [5.74, 6) is -0.743. The van der Waals surface area contributed by atoms with Crippen molar-refractivity contribution in [2.24, 2.45) is 0 Å². The summed E-state index contributed by atoms with van der Waals surface area (Å²) in [7, 11) is -2.47. The van der Waals surface area contributed by atoms with Crippen LogP contribution in [-0.4, -0.2) is 44.4 Å². The van der Waals surface area contributed by atoms with Gasteiger partial charge in [0.25, 0.3) is 0 Å². The Labute approximate surface area is 183 Å². The normalized spacial score (nSPS) is 14.9. The number of anilines is 2. The van der Waals surface area contributed by atoms with Gasteiger partial charge in [-0.05, 0) is 44.9 Å². The molecule has 3 rings (SSSR count). The largest absolute Gasteiger partial charge is 0.464 e. The lowest BCUT2D eigenvalue weighted by atomic mass is 10.2. The molecule has 0 aliphatic carbocycles. The molecule has 31 heavy (non-hydrogen) atoms. The first-order valence-corrected chi connectivity index (χ1v) is 11.9. The Morgan fingerprint density at radius 3 is 2.39 bits per heavy atom. The van der Waals surface area contributed by atoms with Crippen molar-refractivity contribution in [2.45, 2.75) is 49.7 Å². The lowest BCUT2D eigenvalue weighted by molar-refractivity contribution is 0.0593. The van der Waals surface area contributed by atoms with Crippen molar-refractivity contribution in [2.75, 3.05) is 30.8 Å². The number of esters is 1. The van der Waals surface area contributed by atoms with E-state index in [4.69, 9.17) is 10.5 Å². The Kier molecular flexibility index (Phi) is 6.60. The quantitative estimate of drug-likeness (QED) is 0.703. The van der Waals surface area contributed by atoms with Crippen molar-refractivity contribution in [3.05, 3.63) is 35.7 Å². The summed E-state index contributed by atoms with van der Waals surface area (Å²) in [5.41, 5.74) is 7.16. The minimum Gasteiger partial charge on any atom is -0.464 e. The number of carbonyl (C=O) groups is 1. The summed E-state index contributed by atoms with van der Waals surface area (Å²) < 4.78 is 32.5. The molecule has 1 aliphatic heterocycles. The van der Waals surface area contributed by atoms with Gasteiger partial charge in [0, 0.05) is 25.0 Å². The third kappa shape index (κ3) is 4.26. The molecular weight excluding hydrogens is 416 g/mol. The number of aromatic nitrogens is 1. The number of methoxy groups -OCH3 is 1. The molecule has 0 saturated carbocycles. The molecular formula is C22H28N4O4S. The molecule has 1 aromatic carbocycles. The Balaban J connectivity index is 2.30. The SMILES string of the molecule is COC(=O)c1c(N)c(C#N)cn1-c1cc(N2CCCCCC2)ccc1S(=O)(=O)C(C)C. The number of nitrogens with two attached hydrogens (primary N) is 1. The van der Waals surface area contributed by atoms with Crippen LogP contribution in [0.25, 0.3) is 5.69 Å². The van der Waals surface area contributed by atoms with Crippen LogP contribution in [0.2, 0.25) is 0 Å². The second-order valence-electron chi connectivity index (χ2n) is 7.93. The van der Waals surface area contributed by atoms with Crippen molar-refractivity contribution < 1.29 is 17.9 Å². The fraction of sp³-hybridized carbons (Fsp3) is 0.455. The second-order valence-corrected chi connectivity index (χ2v) is 10.4. The van der Waals surface area contributed by atoms with Crippen LogP contribution in [0.15, 0.2) is 29.3 Å². The van der Waals surface area contributed by atoms with Gasteiger partial charge in [-0.2, -0.15) is 5.26 Å². The van der Waals surface area contributed by atoms with Gasteiger partial charge in [0.05, 0.1) is 34.2 Å². The molecule has 0 unspecified atom stereocenters. The molecule has 1 fully saturated rings. The number of nitrogen functional groups attached to an aromatic ring is 1. The first-order chi connectivity index (χ1) is 14.7. The minimum atomic E-state index is -3.69. The standard InChI is InChI=1S/C22H28N4O4S/c1-15(2)31(28,29)19-9-8-17(25-10-6-4-5-7-11-25)12-18(19)26-14-16(13-23)20(24)21(26)22(27)30-3/h8-9,12,14-15H,4-7,10-11,24H2,1-3H3. The van der Waals surface area contributed by atoms with Gasteiger partial charge in [-0.25, -0.2) is 13.2 Å². The number of nitriles is 1. The minimum absolute atomic E-state index is 0.0394. The van der Waals surface area contributed by atoms with Crippen molar-refractivity contribution in [1.82, 2.24) is 4.57 Å². The summed E-state index contributed by atoms with van der Waals surface area (Å²) in [6.45, 7) is 4.95. The van der Waals surface area contributed by atoms with Gasteiger partial charge in [0.15, 0.2) is 15.5 Å². The maximum atomic E-state index is 13.1. The number of hydrogen-bond acceptors (Lipinski definition) is 7. The van der Waals surface area contributed by atoms with Gasteiger partial charge in [0.1, 0.15) is 6.07 Å². The summed E-state index contributed by atoms with van der Waals surface area (Å²) in [6, 6.07) is 7.10. The Bertz CT molecular complexity index is 1120. The molecule has 1 saturated heterocycles. The molecule has 0 spiro atoms. The number of nitrogens with zero attached hydrogens (tertiary/aromatic N) is 3. The van der Waals surface area contributed by atoms with Crippen LogP contribution in [-0.2, 0) is 14.6 Å². The van der Waals surface area contributed by atoms with Crippen LogP contribution in [0.4, 0.5) is 11.4 Å². The van der Waals surface area contributed by atoms with E-state index in [1.807, 2.05) is 6.07 Å². The summed E-state index contributed by atoms with van der Waals surface area (Å²) in [6.07, 6.45) is 5.83. The van der Waals surface area contributed by atoms with Crippen LogP contribution in [0, 0.1) is 11.3 Å². The van der Waals surface area contributed by atoms with Crippen LogP contribution < -0.4 is 10.6 Å². The topological polar surface area (TPSA) is 118 Å². The van der Waals surface area contributed by atoms with Gasteiger partial charge in [-0.1, -0.05) is 12.8 Å². The third-order valence-corrected chi connectivity index (χ3v) is 7.84. The van der Waals surface area contributed by atoms with E-state index in [9.17, 15) is 18.5 Å². The summed E-state index contributed by atoms with van der Waals surface area (Å²) in [5, 5.41) is 8.78. The van der Waals surface area contributed by atoms with E-state index < -0.39 is 21.1 Å². The average molecular weight is 445 g/mol. The van der Waals surface area contributed by atoms with Gasteiger partial charge >= 0.3 is 5.97 Å². The molecule has 166 valence electrons. The highest BCUT2D eigenvalue weighted by atomic mass is 32.2. The molecule has 1 aliphatic rings. The predicted octanol–water partition coefficient (Wildman–Crippen LogP) is 3.28. The molecule has 0 bridgehead atoms. The van der Waals surface area contributed by atoms with E-state index in [-0.39, 0.29) is 27.5 Å². The average Bonchev–Trinajstić information content (AvgIpc) is 2.92. The van der Waals surface area contributed by atoms with Crippen LogP contribution in [0.5, 0.6) is 0 Å². The molecule has 1 aromatic heterocycles. The zero-order valence-electron chi connectivity index (χ0n) is 18.1. The van der Waals surface area contributed by atoms with E-state index in [0.717, 1.165) is 44.5 Å². The highest BCUT2D eigenvalue weighted by Gasteiger charge is 2.29. The number of ether oxygens (including phenoxy) is 1. The van der Waals surface area contributed by atoms with E-state index in [0.29, 0.717) is 0 Å². The van der Waals surface area contributed by atoms with Crippen molar-refractivity contribution >= 4 is 27.2 Å². The second kappa shape index (κ2) is 9.02. The van der Waals surface area contributed by atoms with Gasteiger partial charge < -0.3 is 19.9 Å². The number of hydrogen-bond donors (Lipinski definition) is 1. The Morgan fingerprint density at radius 1 is 1.19 bits per heavy atom. The zero-order chi connectivity index (χ0) is 22.8. The Hall–Kier alpha value is -2.99. The molecule has 0 radical (unpaired) electrons. The number of carbonyl (C=O) groups excluding carboxylic acids is 1. The third-order valence-electron chi connectivity index (χ3n) is 5.64. The summed E-state index contributed by atoms with van der Waals surface area (Å²) in [4.78, 5) is 14.8. The van der Waals surface area contributed by atoms with Crippen molar-refractivity contribution in [1.29, 1.82) is 5.26 Å². The molecule has 2 aromatic rings. The predicted molar refractivity (Wildman–Crippen MR) is 119 cm³/mol. The van der Waals surface area contributed by atoms with E-state index in [1.165, 1.54) is 17.9 Å². The molecule has 2 N–H and O–H groups in total. The molecule has 8 nitrogen and oxygen atoms in total. The first kappa shape index (κ1) is 22.7. The van der Waals surface area contributed by atoms with E-state index in [1.54, 1.807) is 32.0 Å². The smallest absolute Gasteiger partial charge is 0.357 e. The highest BCUT2D eigenvalue weighted by molar-refractivity contribution is 7.92. The number of sulfone groups is 1. The molecule has 2 heterocycles. The van der Waals surface area contributed by atoms with Crippen molar-refractivity contribution in [3.63, 3.8) is 0 Å². The maximum Gasteiger partial charge on any atom is 0.357 e. The van der Waals surface area contributed by atoms with Crippen LogP contribution in [0.1, 0.15) is 55.6 Å². The molecule has 0 amide bonds. The lowest BCUT2D eigenvalue weighted by Crippen LogP contribution is -2.25. The van der Waals surface area contributed by atoms with Crippen LogP contribution >= 0.6 is 0 Å². The van der Waals surface area contributed by atoms with Gasteiger partial charge in [-0.3, -0.25) is 0 Å². The van der Waals surface area contributed by atoms with Gasteiger partial charge in [-0.15, -0.1) is 0 Å². The fourth-order valence-electron chi connectivity index (χ4n) is 3.82. The molecule has 9 heteroatoms. The lowest BCUT2D eigenvalue weighted by Gasteiger charge is -2.25. The van der Waals surface area contributed by atoms with Gasteiger partial charge in [0.2, 0.25) is 0 Å². The van der Waals surface area contributed by atoms with E-state index >= 15 is 0 Å². The first-order valence-electron chi connectivity index (χ1n) is 10.3. The Morgan fingerprint density at radius 2 is 1.84 bits per heavy atom. The maximum absolute atomic E-state index is 13.1. The number of rotatable bonds is 5. The van der Waals surface area contributed by atoms with Crippen LogP contribution in [0.3, 0.4) is 0 Å². The highest BCUT2D eigenvalue weighted by Crippen LogP contribution is 2.33.